The molecule has 0 unspecified atom stereocenters. The lowest BCUT2D eigenvalue weighted by Gasteiger charge is -2.60. The van der Waals surface area contributed by atoms with E-state index >= 15 is 0 Å². The fourth-order valence-electron chi connectivity index (χ4n) is 5.89. The molecule has 2 aromatic rings. The fourth-order valence-corrected chi connectivity index (χ4v) is 6.85. The van der Waals surface area contributed by atoms with Gasteiger partial charge in [0.1, 0.15) is 12.3 Å². The van der Waals surface area contributed by atoms with Gasteiger partial charge in [0.05, 0.1) is 17.3 Å². The minimum absolute atomic E-state index is 0.105. The Kier molecular flexibility index (Phi) is 8.17. The van der Waals surface area contributed by atoms with Crippen LogP contribution in [0.3, 0.4) is 0 Å². The summed E-state index contributed by atoms with van der Waals surface area (Å²) in [6.07, 6.45) is 9.79. The zero-order chi connectivity index (χ0) is 29.7. The number of rotatable bonds is 8. The molecule has 2 amide bonds. The number of aromatic nitrogens is 2. The largest absolute Gasteiger partial charge is 0.444 e. The van der Waals surface area contributed by atoms with Gasteiger partial charge in [-0.25, -0.2) is 19.5 Å². The molecule has 0 N–H and O–H groups in total. The molecule has 4 heterocycles. The van der Waals surface area contributed by atoms with Crippen molar-refractivity contribution in [1.82, 2.24) is 19.6 Å². The van der Waals surface area contributed by atoms with E-state index in [2.05, 4.69) is 29.9 Å². The van der Waals surface area contributed by atoms with Gasteiger partial charge in [0, 0.05) is 80.4 Å². The molecule has 11 heteroatoms. The highest BCUT2D eigenvalue weighted by molar-refractivity contribution is 8.32. The molecule has 1 spiro atoms. The number of benzene rings is 1. The van der Waals surface area contributed by atoms with Crippen LogP contribution in [0.5, 0.6) is 0 Å². The second kappa shape index (κ2) is 11.1. The van der Waals surface area contributed by atoms with E-state index in [0.717, 1.165) is 66.5 Å². The van der Waals surface area contributed by atoms with Gasteiger partial charge in [-0.1, -0.05) is 11.6 Å². The second-order valence-corrected chi connectivity index (χ2v) is 18.7. The molecule has 3 aliphatic heterocycles. The Morgan fingerprint density at radius 3 is 2.49 bits per heavy atom. The number of nitrogens with zero attached hydrogens (tertiary/aromatic N) is 5. The predicted molar refractivity (Wildman–Crippen MR) is 166 cm³/mol. The van der Waals surface area contributed by atoms with Crippen molar-refractivity contribution < 1.29 is 19.1 Å². The Labute approximate surface area is 250 Å². The van der Waals surface area contributed by atoms with Crippen LogP contribution in [0.2, 0.25) is 5.02 Å². The highest BCUT2D eigenvalue weighted by atomic mass is 35.5. The highest BCUT2D eigenvalue weighted by Crippen LogP contribution is 2.43. The number of halogens is 1. The highest BCUT2D eigenvalue weighted by Gasteiger charge is 2.53. The van der Waals surface area contributed by atoms with Crippen molar-refractivity contribution in [2.45, 2.75) is 52.5 Å². The normalized spacial score (nSPS) is 19.2. The number of hydrogen-bond donors (Lipinski definition) is 0. The monoisotopic (exact) mass is 605 g/mol. The molecular formula is C30H44ClN5O4S. The maximum atomic E-state index is 12.4. The summed E-state index contributed by atoms with van der Waals surface area (Å²) < 4.78 is 13.4. The Morgan fingerprint density at radius 2 is 1.83 bits per heavy atom. The average molecular weight is 606 g/mol. The molecule has 5 rings (SSSR count). The third kappa shape index (κ3) is 6.71. The van der Waals surface area contributed by atoms with E-state index in [-0.39, 0.29) is 17.4 Å². The number of hydrogen-bond acceptors (Lipinski definition) is 6. The van der Waals surface area contributed by atoms with E-state index in [0.29, 0.717) is 31.2 Å². The van der Waals surface area contributed by atoms with Crippen molar-refractivity contribution in [3.05, 3.63) is 34.5 Å². The summed E-state index contributed by atoms with van der Waals surface area (Å²) in [6, 6.07) is 3.97. The lowest BCUT2D eigenvalue weighted by atomic mass is 9.73. The summed E-state index contributed by atoms with van der Waals surface area (Å²) in [5.41, 5.74) is 4.36. The van der Waals surface area contributed by atoms with Gasteiger partial charge in [-0.2, -0.15) is 5.10 Å². The van der Waals surface area contributed by atoms with E-state index in [9.17, 15) is 9.59 Å². The Bertz CT molecular complexity index is 1320. The van der Waals surface area contributed by atoms with Crippen LogP contribution >= 0.6 is 21.6 Å². The quantitative estimate of drug-likeness (QED) is 0.401. The van der Waals surface area contributed by atoms with Crippen LogP contribution in [0.4, 0.5) is 10.5 Å². The molecule has 0 aliphatic carbocycles. The van der Waals surface area contributed by atoms with Crippen molar-refractivity contribution in [3.8, 4) is 11.3 Å². The molecular weight excluding hydrogens is 562 g/mol. The number of likely N-dealkylation sites (tertiary alicyclic amines) is 2. The molecule has 0 bridgehead atoms. The lowest BCUT2D eigenvalue weighted by Crippen LogP contribution is -2.72. The van der Waals surface area contributed by atoms with E-state index in [1.54, 1.807) is 16.8 Å². The van der Waals surface area contributed by atoms with Crippen LogP contribution < -0.4 is 4.90 Å². The molecule has 1 aromatic carbocycles. The van der Waals surface area contributed by atoms with E-state index in [1.165, 1.54) is 0 Å². The van der Waals surface area contributed by atoms with Crippen molar-refractivity contribution in [2.24, 2.45) is 5.41 Å². The van der Waals surface area contributed by atoms with Crippen LogP contribution in [0.25, 0.3) is 11.3 Å². The molecule has 41 heavy (non-hydrogen) atoms. The molecule has 3 aliphatic rings. The lowest BCUT2D eigenvalue weighted by molar-refractivity contribution is -0.118. The Hall–Kier alpha value is -2.27. The molecule has 226 valence electrons. The molecule has 0 atom stereocenters. The summed E-state index contributed by atoms with van der Waals surface area (Å²) in [5.74, 6) is 1.15. The number of carbonyl (C=O) groups excluding carboxylic acids is 2. The second-order valence-electron chi connectivity index (χ2n) is 13.7. The molecule has 2 fully saturated rings. The van der Waals surface area contributed by atoms with Gasteiger partial charge in [-0.3, -0.25) is 9.69 Å². The molecule has 0 radical (unpaired) electrons. The standard InChI is InChI=1S/C30H44ClN5O4S/c1-29(2,3)40-28(38)35-18-30(19-35)16-34(17-30)14-21-15-36(20-39-12-13-41(5,6)7)32-27(21)23-8-10-24-22(26(23)31)9-11-25(37)33(24)4/h8,10,15H,9,11-14,16-20H2,1-7H3. The summed E-state index contributed by atoms with van der Waals surface area (Å²) in [4.78, 5) is 30.6. The van der Waals surface area contributed by atoms with Crippen molar-refractivity contribution in [3.63, 3.8) is 0 Å². The molecule has 9 nitrogen and oxygen atoms in total. The summed E-state index contributed by atoms with van der Waals surface area (Å²) in [5, 5.41) is 5.61. The number of carbonyl (C=O) groups is 2. The first-order valence-electron chi connectivity index (χ1n) is 14.2. The van der Waals surface area contributed by atoms with Gasteiger partial charge in [0.25, 0.3) is 0 Å². The summed E-state index contributed by atoms with van der Waals surface area (Å²) in [7, 11) is 1.18. The first kappa shape index (κ1) is 30.2. The molecule has 1 aromatic heterocycles. The zero-order valence-electron chi connectivity index (χ0n) is 25.5. The van der Waals surface area contributed by atoms with Gasteiger partial charge >= 0.3 is 6.09 Å². The molecule has 0 saturated carbocycles. The summed E-state index contributed by atoms with van der Waals surface area (Å²) >= 11 is 7.01. The van der Waals surface area contributed by atoms with Crippen molar-refractivity contribution >= 4 is 39.3 Å². The zero-order valence-corrected chi connectivity index (χ0v) is 27.0. The van der Waals surface area contributed by atoms with E-state index in [1.807, 2.05) is 37.6 Å². The van der Waals surface area contributed by atoms with Crippen LogP contribution in [0, 0.1) is 5.41 Å². The maximum absolute atomic E-state index is 12.4. The van der Waals surface area contributed by atoms with Crippen LogP contribution in [0.15, 0.2) is 18.3 Å². The van der Waals surface area contributed by atoms with Crippen LogP contribution in [-0.2, 0) is 34.0 Å². The smallest absolute Gasteiger partial charge is 0.410 e. The van der Waals surface area contributed by atoms with Gasteiger partial charge in [0.2, 0.25) is 5.91 Å². The third-order valence-electron chi connectivity index (χ3n) is 7.92. The Balaban J connectivity index is 1.30. The van der Waals surface area contributed by atoms with Gasteiger partial charge in [0.15, 0.2) is 0 Å². The minimum atomic E-state index is -0.625. The average Bonchev–Trinajstić information content (AvgIpc) is 3.20. The van der Waals surface area contributed by atoms with Crippen LogP contribution in [0.1, 0.15) is 38.3 Å². The summed E-state index contributed by atoms with van der Waals surface area (Å²) in [6.45, 7) is 10.8. The fraction of sp³-hybridized carbons (Fsp3) is 0.633. The van der Waals surface area contributed by atoms with Crippen molar-refractivity contribution in [2.75, 3.05) is 69.3 Å². The van der Waals surface area contributed by atoms with Gasteiger partial charge < -0.3 is 19.3 Å². The SMILES string of the molecule is CN1C(=O)CCc2c1ccc(-c1nn(COCCS(C)(C)C)cc1CN1CC3(C1)CN(C(=O)OC(C)(C)C)C3)c2Cl. The predicted octanol–water partition coefficient (Wildman–Crippen LogP) is 4.83. The van der Waals surface area contributed by atoms with Gasteiger partial charge in [-0.15, -0.1) is 0 Å². The number of amides is 2. The first-order valence-corrected chi connectivity index (χ1v) is 17.6. The number of ether oxygens (including phenoxy) is 2. The number of fused-ring (bicyclic) bond motifs is 1. The first-order chi connectivity index (χ1) is 19.1. The number of anilines is 1. The van der Waals surface area contributed by atoms with Gasteiger partial charge in [-0.05, 0) is 63.7 Å². The minimum Gasteiger partial charge on any atom is -0.444 e. The maximum Gasteiger partial charge on any atom is 0.410 e. The third-order valence-corrected chi connectivity index (χ3v) is 9.74. The topological polar surface area (TPSA) is 80.1 Å². The Morgan fingerprint density at radius 1 is 1.12 bits per heavy atom. The van der Waals surface area contributed by atoms with E-state index < -0.39 is 15.6 Å². The van der Waals surface area contributed by atoms with E-state index in [4.69, 9.17) is 26.2 Å². The van der Waals surface area contributed by atoms with Crippen LogP contribution in [-0.4, -0.2) is 102 Å². The van der Waals surface area contributed by atoms with Crippen molar-refractivity contribution in [1.29, 1.82) is 0 Å². The molecule has 2 saturated heterocycles.